The third-order valence-electron chi connectivity index (χ3n) is 2.53. The number of benzene rings is 1. The average molecular weight is 269 g/mol. The van der Waals surface area contributed by atoms with E-state index in [1.807, 2.05) is 0 Å². The minimum atomic E-state index is -0.539. The van der Waals surface area contributed by atoms with Crippen molar-refractivity contribution in [3.8, 4) is 0 Å². The monoisotopic (exact) mass is 268 g/mol. The summed E-state index contributed by atoms with van der Waals surface area (Å²) in [5.74, 6) is -0.539. The fourth-order valence-corrected chi connectivity index (χ4v) is 1.69. The number of hydrogen-bond acceptors (Lipinski definition) is 2. The van der Waals surface area contributed by atoms with Crippen LogP contribution in [0.25, 0.3) is 0 Å². The van der Waals surface area contributed by atoms with Gasteiger partial charge >= 0.3 is 5.69 Å². The average Bonchev–Trinajstić information content (AvgIpc) is 2.31. The summed E-state index contributed by atoms with van der Waals surface area (Å²) >= 11 is 5.57. The van der Waals surface area contributed by atoms with Crippen LogP contribution in [0.5, 0.6) is 0 Å². The number of nitrogens with one attached hydrogen (secondary N) is 1. The first kappa shape index (κ1) is 12.6. The van der Waals surface area contributed by atoms with Crippen molar-refractivity contribution in [1.29, 1.82) is 0 Å². The molecule has 0 saturated carbocycles. The Balaban J connectivity index is 2.40. The summed E-state index contributed by atoms with van der Waals surface area (Å²) in [6, 6.07) is 4.31. The van der Waals surface area contributed by atoms with Crippen molar-refractivity contribution < 1.29 is 4.39 Å². The zero-order chi connectivity index (χ0) is 13.3. The van der Waals surface area contributed by atoms with Gasteiger partial charge in [-0.1, -0.05) is 17.7 Å². The summed E-state index contributed by atoms with van der Waals surface area (Å²) in [6.45, 7) is 1.77. The lowest BCUT2D eigenvalue weighted by Crippen LogP contribution is -2.31. The third-order valence-corrected chi connectivity index (χ3v) is 2.83. The number of rotatable bonds is 2. The number of H-pyrrole nitrogens is 1. The molecule has 1 aromatic carbocycles. The Morgan fingerprint density at radius 3 is 2.78 bits per heavy atom. The number of hydrogen-bond donors (Lipinski definition) is 1. The first-order valence-electron chi connectivity index (χ1n) is 5.21. The van der Waals surface area contributed by atoms with Crippen molar-refractivity contribution >= 4 is 11.6 Å². The van der Waals surface area contributed by atoms with Gasteiger partial charge in [-0.25, -0.2) is 9.18 Å². The first-order chi connectivity index (χ1) is 8.47. The normalized spacial score (nSPS) is 10.6. The Morgan fingerprint density at radius 1 is 1.39 bits per heavy atom. The van der Waals surface area contributed by atoms with Crippen LogP contribution in [0.3, 0.4) is 0 Å². The molecule has 0 atom stereocenters. The van der Waals surface area contributed by atoms with E-state index in [9.17, 15) is 14.0 Å². The predicted octanol–water partition coefficient (Wildman–Crippen LogP) is 1.69. The Morgan fingerprint density at radius 2 is 2.11 bits per heavy atom. The molecule has 0 aliphatic carbocycles. The zero-order valence-electron chi connectivity index (χ0n) is 9.54. The van der Waals surface area contributed by atoms with Crippen molar-refractivity contribution in [2.24, 2.45) is 0 Å². The zero-order valence-corrected chi connectivity index (χ0v) is 10.3. The summed E-state index contributed by atoms with van der Waals surface area (Å²) in [5, 5.41) is 0.0312. The van der Waals surface area contributed by atoms with Crippen LogP contribution in [-0.2, 0) is 6.54 Å². The highest BCUT2D eigenvalue weighted by atomic mass is 35.5. The second-order valence-electron chi connectivity index (χ2n) is 3.95. The largest absolute Gasteiger partial charge is 0.328 e. The molecule has 0 aliphatic rings. The minimum absolute atomic E-state index is 0.0312. The highest BCUT2D eigenvalue weighted by Crippen LogP contribution is 2.15. The van der Waals surface area contributed by atoms with E-state index in [-0.39, 0.29) is 11.6 Å². The Kier molecular flexibility index (Phi) is 3.34. The van der Waals surface area contributed by atoms with Crippen LogP contribution in [-0.4, -0.2) is 9.55 Å². The highest BCUT2D eigenvalue weighted by Gasteiger charge is 2.04. The summed E-state index contributed by atoms with van der Waals surface area (Å²) in [7, 11) is 0. The molecule has 0 fully saturated rings. The Bertz CT molecular complexity index is 706. The molecule has 0 bridgehead atoms. The van der Waals surface area contributed by atoms with E-state index in [1.54, 1.807) is 13.0 Å². The van der Waals surface area contributed by atoms with Crippen LogP contribution in [0.2, 0.25) is 5.02 Å². The lowest BCUT2D eigenvalue weighted by molar-refractivity contribution is 0.622. The SMILES string of the molecule is Cc1cn(Cc2ccc(Cl)c(F)c2)c(=O)[nH]c1=O. The maximum absolute atomic E-state index is 13.2. The van der Waals surface area contributed by atoms with E-state index in [0.717, 1.165) is 0 Å². The van der Waals surface area contributed by atoms with Crippen molar-refractivity contribution in [3.05, 3.63) is 67.2 Å². The van der Waals surface area contributed by atoms with Gasteiger partial charge in [-0.15, -0.1) is 0 Å². The lowest BCUT2D eigenvalue weighted by atomic mass is 10.2. The van der Waals surface area contributed by atoms with Crippen molar-refractivity contribution in [1.82, 2.24) is 9.55 Å². The van der Waals surface area contributed by atoms with Crippen molar-refractivity contribution in [2.75, 3.05) is 0 Å². The Hall–Kier alpha value is -1.88. The fraction of sp³-hybridized carbons (Fsp3) is 0.167. The Labute approximate surface area is 107 Å². The van der Waals surface area contributed by atoms with Gasteiger partial charge < -0.3 is 0 Å². The van der Waals surface area contributed by atoms with Crippen LogP contribution in [0, 0.1) is 12.7 Å². The molecular weight excluding hydrogens is 259 g/mol. The summed E-state index contributed by atoms with van der Waals surface area (Å²) in [4.78, 5) is 24.9. The highest BCUT2D eigenvalue weighted by molar-refractivity contribution is 6.30. The van der Waals surface area contributed by atoms with E-state index >= 15 is 0 Å². The van der Waals surface area contributed by atoms with E-state index in [0.29, 0.717) is 11.1 Å². The molecule has 1 aromatic heterocycles. The maximum atomic E-state index is 13.2. The van der Waals surface area contributed by atoms with Crippen molar-refractivity contribution in [3.63, 3.8) is 0 Å². The van der Waals surface area contributed by atoms with Gasteiger partial charge in [0.1, 0.15) is 5.82 Å². The van der Waals surface area contributed by atoms with E-state index in [4.69, 9.17) is 11.6 Å². The molecule has 1 N–H and O–H groups in total. The van der Waals surface area contributed by atoms with Gasteiger partial charge in [-0.05, 0) is 24.6 Å². The van der Waals surface area contributed by atoms with Gasteiger partial charge in [0.25, 0.3) is 5.56 Å². The summed E-state index contributed by atoms with van der Waals surface area (Å²) in [5.41, 5.74) is 0.0639. The minimum Gasteiger partial charge on any atom is -0.296 e. The predicted molar refractivity (Wildman–Crippen MR) is 66.6 cm³/mol. The van der Waals surface area contributed by atoms with Crippen LogP contribution < -0.4 is 11.2 Å². The van der Waals surface area contributed by atoms with Gasteiger partial charge in [-0.3, -0.25) is 14.3 Å². The molecule has 1 heterocycles. The topological polar surface area (TPSA) is 54.9 Å². The molecule has 18 heavy (non-hydrogen) atoms. The van der Waals surface area contributed by atoms with E-state index in [1.165, 1.54) is 22.9 Å². The fourth-order valence-electron chi connectivity index (χ4n) is 1.57. The molecule has 2 rings (SSSR count). The molecule has 6 heteroatoms. The lowest BCUT2D eigenvalue weighted by Gasteiger charge is -2.06. The number of aromatic amines is 1. The quantitative estimate of drug-likeness (QED) is 0.901. The van der Waals surface area contributed by atoms with Crippen LogP contribution in [0.15, 0.2) is 34.0 Å². The van der Waals surface area contributed by atoms with Crippen molar-refractivity contribution in [2.45, 2.75) is 13.5 Å². The van der Waals surface area contributed by atoms with Gasteiger partial charge in [0, 0.05) is 11.8 Å². The number of halogens is 2. The number of aromatic nitrogens is 2. The van der Waals surface area contributed by atoms with E-state index in [2.05, 4.69) is 4.98 Å². The number of aryl methyl sites for hydroxylation is 1. The third kappa shape index (κ3) is 2.51. The molecular formula is C12H10ClFN2O2. The van der Waals surface area contributed by atoms with Gasteiger partial charge in [-0.2, -0.15) is 0 Å². The second-order valence-corrected chi connectivity index (χ2v) is 4.35. The standard InChI is InChI=1S/C12H10ClFN2O2/c1-7-5-16(12(18)15-11(7)17)6-8-2-3-9(13)10(14)4-8/h2-5H,6H2,1H3,(H,15,17,18). The van der Waals surface area contributed by atoms with Crippen LogP contribution in [0.4, 0.5) is 4.39 Å². The first-order valence-corrected chi connectivity index (χ1v) is 5.59. The molecule has 0 saturated heterocycles. The van der Waals surface area contributed by atoms with Gasteiger partial charge in [0.05, 0.1) is 11.6 Å². The van der Waals surface area contributed by atoms with Crippen LogP contribution in [0.1, 0.15) is 11.1 Å². The van der Waals surface area contributed by atoms with E-state index < -0.39 is 17.1 Å². The maximum Gasteiger partial charge on any atom is 0.328 e. The molecule has 94 valence electrons. The van der Waals surface area contributed by atoms with Crippen LogP contribution >= 0.6 is 11.6 Å². The van der Waals surface area contributed by atoms with Gasteiger partial charge in [0.15, 0.2) is 0 Å². The number of nitrogens with zero attached hydrogens (tertiary/aromatic N) is 1. The molecule has 0 radical (unpaired) electrons. The molecule has 2 aromatic rings. The molecule has 0 aliphatic heterocycles. The second kappa shape index (κ2) is 4.78. The van der Waals surface area contributed by atoms with Gasteiger partial charge in [0.2, 0.25) is 0 Å². The summed E-state index contributed by atoms with van der Waals surface area (Å²) in [6.07, 6.45) is 1.44. The molecule has 0 spiro atoms. The smallest absolute Gasteiger partial charge is 0.296 e. The molecule has 0 amide bonds. The molecule has 0 unspecified atom stereocenters. The summed E-state index contributed by atoms with van der Waals surface area (Å²) < 4.78 is 14.6. The molecule has 4 nitrogen and oxygen atoms in total.